The Morgan fingerprint density at radius 2 is 1.77 bits per heavy atom. The van der Waals surface area contributed by atoms with Gasteiger partial charge in [0.1, 0.15) is 16.2 Å². The second-order valence-electron chi connectivity index (χ2n) is 7.36. The molecule has 5 rings (SSSR count). The Balaban J connectivity index is 1.31. The first-order chi connectivity index (χ1) is 14.8. The summed E-state index contributed by atoms with van der Waals surface area (Å²) in [5.74, 6) is 0.955. The van der Waals surface area contributed by atoms with Crippen LogP contribution < -0.4 is 0 Å². The van der Waals surface area contributed by atoms with Crippen LogP contribution in [0.5, 0.6) is 0 Å². The van der Waals surface area contributed by atoms with Crippen molar-refractivity contribution in [3.63, 3.8) is 0 Å². The van der Waals surface area contributed by atoms with Crippen LogP contribution >= 0.6 is 23.1 Å². The van der Waals surface area contributed by atoms with Crippen LogP contribution in [0, 0.1) is 0 Å². The van der Waals surface area contributed by atoms with Crippen LogP contribution in [-0.2, 0) is 5.75 Å². The van der Waals surface area contributed by atoms with Crippen LogP contribution in [0.4, 0.5) is 0 Å². The predicted molar refractivity (Wildman–Crippen MR) is 124 cm³/mol. The largest absolute Gasteiger partial charge is 0.339 e. The monoisotopic (exact) mass is 431 g/mol. The fourth-order valence-electron chi connectivity index (χ4n) is 3.69. The second kappa shape index (κ2) is 8.58. The summed E-state index contributed by atoms with van der Waals surface area (Å²) in [4.78, 5) is 25.7. The van der Waals surface area contributed by atoms with E-state index in [0.29, 0.717) is 0 Å². The molecule has 0 unspecified atom stereocenters. The molecule has 0 aliphatic carbocycles. The Morgan fingerprint density at radius 3 is 2.53 bits per heavy atom. The van der Waals surface area contributed by atoms with Gasteiger partial charge in [-0.3, -0.25) is 4.79 Å². The lowest BCUT2D eigenvalue weighted by molar-refractivity contribution is 0.0793. The molecule has 2 aromatic heterocycles. The van der Waals surface area contributed by atoms with E-state index >= 15 is 0 Å². The molecule has 0 atom stereocenters. The summed E-state index contributed by atoms with van der Waals surface area (Å²) in [5, 5.41) is 2.10. The van der Waals surface area contributed by atoms with Gasteiger partial charge in [-0.2, -0.15) is 0 Å². The molecule has 1 saturated heterocycles. The van der Waals surface area contributed by atoms with Gasteiger partial charge in [0.2, 0.25) is 0 Å². The maximum absolute atomic E-state index is 12.5. The Bertz CT molecular complexity index is 1170. The smallest absolute Gasteiger partial charge is 0.253 e. The molecular formula is C24H21N3OS2. The highest BCUT2D eigenvalue weighted by molar-refractivity contribution is 7.98. The van der Waals surface area contributed by atoms with Crippen molar-refractivity contribution in [2.75, 3.05) is 13.1 Å². The lowest BCUT2D eigenvalue weighted by Gasteiger charge is -2.15. The molecular weight excluding hydrogens is 410 g/mol. The van der Waals surface area contributed by atoms with Crippen molar-refractivity contribution in [3.8, 4) is 10.4 Å². The van der Waals surface area contributed by atoms with Crippen molar-refractivity contribution in [2.45, 2.75) is 23.6 Å². The van der Waals surface area contributed by atoms with E-state index in [-0.39, 0.29) is 5.91 Å². The van der Waals surface area contributed by atoms with Crippen molar-refractivity contribution in [1.29, 1.82) is 0 Å². The summed E-state index contributed by atoms with van der Waals surface area (Å²) in [5.41, 5.74) is 3.17. The van der Waals surface area contributed by atoms with Gasteiger partial charge in [0.15, 0.2) is 0 Å². The first-order valence-corrected chi connectivity index (χ1v) is 11.9. The van der Waals surface area contributed by atoms with E-state index in [1.165, 1.54) is 16.0 Å². The number of carbonyl (C=O) groups is 1. The molecule has 0 radical (unpaired) electrons. The number of fused-ring (bicyclic) bond motifs is 1. The number of thiophene rings is 1. The van der Waals surface area contributed by atoms with Gasteiger partial charge in [-0.1, -0.05) is 42.5 Å². The summed E-state index contributed by atoms with van der Waals surface area (Å²) >= 11 is 3.41. The summed E-state index contributed by atoms with van der Waals surface area (Å²) in [6.07, 6.45) is 3.87. The third-order valence-corrected chi connectivity index (χ3v) is 7.49. The minimum absolute atomic E-state index is 0.149. The van der Waals surface area contributed by atoms with Crippen LogP contribution in [0.1, 0.15) is 28.8 Å². The number of nitrogens with zero attached hydrogens (tertiary/aromatic N) is 3. The topological polar surface area (TPSA) is 46.1 Å². The Labute approximate surface area is 184 Å². The number of hydrogen-bond acceptors (Lipinski definition) is 5. The highest BCUT2D eigenvalue weighted by Gasteiger charge is 2.19. The zero-order valence-corrected chi connectivity index (χ0v) is 18.1. The summed E-state index contributed by atoms with van der Waals surface area (Å²) < 4.78 is 0. The van der Waals surface area contributed by atoms with Gasteiger partial charge in [-0.25, -0.2) is 9.97 Å². The number of thioether (sulfide) groups is 1. The van der Waals surface area contributed by atoms with E-state index in [2.05, 4.69) is 52.4 Å². The minimum Gasteiger partial charge on any atom is -0.339 e. The zero-order chi connectivity index (χ0) is 20.3. The maximum atomic E-state index is 12.5. The highest BCUT2D eigenvalue weighted by atomic mass is 32.2. The first kappa shape index (κ1) is 19.3. The van der Waals surface area contributed by atoms with E-state index < -0.39 is 0 Å². The molecule has 1 fully saturated rings. The van der Waals surface area contributed by atoms with Crippen LogP contribution in [0.2, 0.25) is 0 Å². The van der Waals surface area contributed by atoms with Gasteiger partial charge in [0.05, 0.1) is 0 Å². The molecule has 4 nitrogen and oxygen atoms in total. The van der Waals surface area contributed by atoms with Crippen LogP contribution in [-0.4, -0.2) is 33.9 Å². The number of benzene rings is 2. The standard InChI is InChI=1S/C24H21N3OS2/c28-24(27-12-4-5-13-27)19-10-8-17(9-11-19)15-29-22-20-14-21(18-6-2-1-3-7-18)30-23(20)26-16-25-22/h1-3,6-11,14,16H,4-5,12-13,15H2. The molecule has 0 bridgehead atoms. The average Bonchev–Trinajstić information content (AvgIpc) is 3.48. The van der Waals surface area contributed by atoms with Crippen molar-refractivity contribution in [1.82, 2.24) is 14.9 Å². The van der Waals surface area contributed by atoms with Crippen molar-refractivity contribution in [3.05, 3.63) is 78.1 Å². The summed E-state index contributed by atoms with van der Waals surface area (Å²) in [6, 6.07) is 20.6. The SMILES string of the molecule is O=C(c1ccc(CSc2ncnc3sc(-c4ccccc4)cc23)cc1)N1CCCC1. The minimum atomic E-state index is 0.149. The molecule has 0 spiro atoms. The lowest BCUT2D eigenvalue weighted by Crippen LogP contribution is -2.27. The third kappa shape index (κ3) is 3.98. The molecule has 1 aliphatic heterocycles. The van der Waals surface area contributed by atoms with Crippen LogP contribution in [0.25, 0.3) is 20.7 Å². The fraction of sp³-hybridized carbons (Fsp3) is 0.208. The number of carbonyl (C=O) groups excluding carboxylic acids is 1. The van der Waals surface area contributed by atoms with Crippen molar-refractivity contribution >= 4 is 39.2 Å². The van der Waals surface area contributed by atoms with Gasteiger partial charge in [0.25, 0.3) is 5.91 Å². The molecule has 30 heavy (non-hydrogen) atoms. The van der Waals surface area contributed by atoms with Crippen LogP contribution in [0.15, 0.2) is 72.0 Å². The molecule has 2 aromatic carbocycles. The molecule has 0 saturated carbocycles. The second-order valence-corrected chi connectivity index (χ2v) is 9.35. The van der Waals surface area contributed by atoms with E-state index in [0.717, 1.165) is 52.5 Å². The zero-order valence-electron chi connectivity index (χ0n) is 16.5. The Morgan fingerprint density at radius 1 is 1.00 bits per heavy atom. The van der Waals surface area contributed by atoms with E-state index in [1.54, 1.807) is 29.4 Å². The normalized spacial score (nSPS) is 13.8. The van der Waals surface area contributed by atoms with Crippen molar-refractivity contribution in [2.24, 2.45) is 0 Å². The van der Waals surface area contributed by atoms with Gasteiger partial charge in [-0.15, -0.1) is 23.1 Å². The molecule has 0 N–H and O–H groups in total. The summed E-state index contributed by atoms with van der Waals surface area (Å²) in [6.45, 7) is 1.76. The average molecular weight is 432 g/mol. The molecule has 3 heterocycles. The molecule has 6 heteroatoms. The first-order valence-electron chi connectivity index (χ1n) is 10.1. The van der Waals surface area contributed by atoms with E-state index in [4.69, 9.17) is 0 Å². The van der Waals surface area contributed by atoms with Crippen molar-refractivity contribution < 1.29 is 4.79 Å². The molecule has 1 aliphatic rings. The van der Waals surface area contributed by atoms with E-state index in [9.17, 15) is 4.79 Å². The number of amides is 1. The quantitative estimate of drug-likeness (QED) is 0.292. The number of aromatic nitrogens is 2. The highest BCUT2D eigenvalue weighted by Crippen LogP contribution is 2.36. The third-order valence-electron chi connectivity index (χ3n) is 5.32. The van der Waals surface area contributed by atoms with E-state index in [1.807, 2.05) is 23.1 Å². The number of likely N-dealkylation sites (tertiary alicyclic amines) is 1. The summed E-state index contributed by atoms with van der Waals surface area (Å²) in [7, 11) is 0. The predicted octanol–water partition coefficient (Wildman–Crippen LogP) is 5.89. The van der Waals surface area contributed by atoms with Gasteiger partial charge in [-0.05, 0) is 42.2 Å². The Kier molecular flexibility index (Phi) is 5.51. The number of rotatable bonds is 5. The fourth-order valence-corrected chi connectivity index (χ4v) is 5.69. The van der Waals surface area contributed by atoms with Gasteiger partial charge < -0.3 is 4.90 Å². The molecule has 150 valence electrons. The number of hydrogen-bond donors (Lipinski definition) is 0. The molecule has 1 amide bonds. The van der Waals surface area contributed by atoms with Gasteiger partial charge >= 0.3 is 0 Å². The Hall–Kier alpha value is -2.70. The molecule has 4 aromatic rings. The van der Waals surface area contributed by atoms with Gasteiger partial charge in [0, 0.05) is 34.7 Å². The lowest BCUT2D eigenvalue weighted by atomic mass is 10.1. The maximum Gasteiger partial charge on any atom is 0.253 e. The van der Waals surface area contributed by atoms with Crippen LogP contribution in [0.3, 0.4) is 0 Å².